The van der Waals surface area contributed by atoms with Crippen LogP contribution in [0.4, 0.5) is 5.69 Å². The molecule has 0 spiro atoms. The Kier molecular flexibility index (Phi) is 5.95. The summed E-state index contributed by atoms with van der Waals surface area (Å²) in [5, 5.41) is 2.76. The Labute approximate surface area is 188 Å². The Bertz CT molecular complexity index is 1400. The fourth-order valence-corrected chi connectivity index (χ4v) is 3.20. The van der Waals surface area contributed by atoms with E-state index in [1.165, 1.54) is 25.3 Å². The number of fused-ring (bicyclic) bond motifs is 1. The van der Waals surface area contributed by atoms with E-state index >= 15 is 0 Å². The van der Waals surface area contributed by atoms with E-state index < -0.39 is 11.5 Å². The van der Waals surface area contributed by atoms with Crippen LogP contribution in [0.5, 0.6) is 5.75 Å². The van der Waals surface area contributed by atoms with Crippen molar-refractivity contribution in [1.82, 2.24) is 9.56 Å². The third-order valence-electron chi connectivity index (χ3n) is 4.87. The molecular formula is C24H21N3O6. The first-order chi connectivity index (χ1) is 15.8. The van der Waals surface area contributed by atoms with Crippen molar-refractivity contribution >= 4 is 23.2 Å². The normalized spacial score (nSPS) is 10.8. The Balaban J connectivity index is 1.50. The lowest BCUT2D eigenvalue weighted by molar-refractivity contribution is 0.0467. The molecule has 2 heterocycles. The van der Waals surface area contributed by atoms with Crippen LogP contribution >= 0.6 is 0 Å². The molecule has 33 heavy (non-hydrogen) atoms. The summed E-state index contributed by atoms with van der Waals surface area (Å²) < 4.78 is 16.9. The highest BCUT2D eigenvalue weighted by molar-refractivity contribution is 6.05. The lowest BCUT2D eigenvalue weighted by Gasteiger charge is -2.12. The summed E-state index contributed by atoms with van der Waals surface area (Å²) in [6.45, 7) is 3.43. The summed E-state index contributed by atoms with van der Waals surface area (Å²) in [6.07, 6.45) is 0. The average molecular weight is 447 g/mol. The Hall–Kier alpha value is -4.40. The number of esters is 1. The first-order valence-corrected chi connectivity index (χ1v) is 10.1. The quantitative estimate of drug-likeness (QED) is 0.450. The van der Waals surface area contributed by atoms with Crippen molar-refractivity contribution in [3.63, 3.8) is 0 Å². The summed E-state index contributed by atoms with van der Waals surface area (Å²) in [5.74, 6) is -0.0595. The topological polar surface area (TPSA) is 112 Å². The fraction of sp³-hybridized carbons (Fsp3) is 0.167. The Morgan fingerprint density at radius 1 is 1.03 bits per heavy atom. The number of methoxy groups -OCH3 is 1. The molecule has 168 valence electrons. The number of nitrogens with one attached hydrogen (secondary N) is 1. The molecule has 0 aliphatic carbocycles. The van der Waals surface area contributed by atoms with E-state index in [1.807, 2.05) is 19.1 Å². The predicted octanol–water partition coefficient (Wildman–Crippen LogP) is 3.52. The van der Waals surface area contributed by atoms with E-state index in [-0.39, 0.29) is 23.8 Å². The first-order valence-electron chi connectivity index (χ1n) is 10.1. The number of ether oxygens (including phenoxy) is 2. The zero-order valence-corrected chi connectivity index (χ0v) is 18.2. The summed E-state index contributed by atoms with van der Waals surface area (Å²) in [6, 6.07) is 14.5. The number of amides is 1. The van der Waals surface area contributed by atoms with Crippen molar-refractivity contribution in [2.24, 2.45) is 0 Å². The highest BCUT2D eigenvalue weighted by Gasteiger charge is 2.15. The zero-order chi connectivity index (χ0) is 23.5. The summed E-state index contributed by atoms with van der Waals surface area (Å²) in [4.78, 5) is 41.6. The highest BCUT2D eigenvalue weighted by atomic mass is 16.5. The molecule has 0 aliphatic rings. The summed E-state index contributed by atoms with van der Waals surface area (Å²) in [7, 11) is 1.47. The number of hydrogen-bond donors (Lipinski definition) is 1. The van der Waals surface area contributed by atoms with Crippen molar-refractivity contribution in [2.45, 2.75) is 20.5 Å². The van der Waals surface area contributed by atoms with Crippen LogP contribution in [-0.2, 0) is 11.3 Å². The van der Waals surface area contributed by atoms with E-state index in [9.17, 15) is 14.4 Å². The van der Waals surface area contributed by atoms with Crippen LogP contribution in [0, 0.1) is 13.8 Å². The van der Waals surface area contributed by atoms with Gasteiger partial charge in [0.05, 0.1) is 24.1 Å². The average Bonchev–Trinajstić information content (AvgIpc) is 3.18. The molecule has 9 heteroatoms. The third-order valence-corrected chi connectivity index (χ3v) is 4.87. The van der Waals surface area contributed by atoms with Gasteiger partial charge in [-0.3, -0.25) is 9.59 Å². The smallest absolute Gasteiger partial charge is 0.338 e. The Morgan fingerprint density at radius 3 is 2.48 bits per heavy atom. The number of hydrogen-bond acceptors (Lipinski definition) is 7. The zero-order valence-electron chi connectivity index (χ0n) is 18.2. The maximum absolute atomic E-state index is 12.6. The molecular weight excluding hydrogens is 426 g/mol. The Morgan fingerprint density at radius 2 is 1.76 bits per heavy atom. The molecule has 4 rings (SSSR count). The number of nitrogens with zero attached hydrogens (tertiary/aromatic N) is 2. The highest BCUT2D eigenvalue weighted by Crippen LogP contribution is 2.26. The van der Waals surface area contributed by atoms with Gasteiger partial charge in [-0.25, -0.2) is 9.78 Å². The molecule has 0 atom stereocenters. The maximum atomic E-state index is 12.6. The minimum Gasteiger partial charge on any atom is -0.495 e. The summed E-state index contributed by atoms with van der Waals surface area (Å²) in [5.41, 5.74) is 2.24. The number of aryl methyl sites for hydroxylation is 2. The minimum absolute atomic E-state index is 0.201. The van der Waals surface area contributed by atoms with Gasteiger partial charge in [-0.2, -0.15) is 0 Å². The van der Waals surface area contributed by atoms with Gasteiger partial charge in [0.1, 0.15) is 18.1 Å². The molecule has 0 fully saturated rings. The molecule has 1 N–H and O–H groups in total. The van der Waals surface area contributed by atoms with Gasteiger partial charge in [0.15, 0.2) is 5.65 Å². The molecule has 1 amide bonds. The van der Waals surface area contributed by atoms with Crippen molar-refractivity contribution < 1.29 is 23.6 Å². The second-order valence-corrected chi connectivity index (χ2v) is 7.40. The van der Waals surface area contributed by atoms with Crippen LogP contribution in [0.15, 0.2) is 63.9 Å². The number of benzene rings is 2. The molecule has 0 aliphatic heterocycles. The number of aromatic nitrogens is 2. The van der Waals surface area contributed by atoms with Gasteiger partial charge in [0.25, 0.3) is 11.5 Å². The molecule has 0 bridgehead atoms. The number of anilines is 1. The molecule has 0 saturated carbocycles. The van der Waals surface area contributed by atoms with Gasteiger partial charge in [-0.15, -0.1) is 4.57 Å². The predicted molar refractivity (Wildman–Crippen MR) is 120 cm³/mol. The van der Waals surface area contributed by atoms with Crippen molar-refractivity contribution in [2.75, 3.05) is 12.4 Å². The van der Waals surface area contributed by atoms with Gasteiger partial charge >= 0.3 is 5.97 Å². The van der Waals surface area contributed by atoms with E-state index in [2.05, 4.69) is 10.3 Å². The van der Waals surface area contributed by atoms with E-state index in [0.29, 0.717) is 28.4 Å². The standard InChI is InChI=1S/C24H21N3O6/c1-14-4-6-16(7-5-14)23(29)26-19-11-17(8-9-20(19)31-3)24(30)32-13-18-12-22(28)27-21(25-18)10-15(2)33-27/h4-12H,13H2,1-3H3,(H,26,29). The molecule has 0 radical (unpaired) electrons. The fourth-order valence-electron chi connectivity index (χ4n) is 3.20. The van der Waals surface area contributed by atoms with Gasteiger partial charge < -0.3 is 19.3 Å². The largest absolute Gasteiger partial charge is 0.495 e. The van der Waals surface area contributed by atoms with Crippen LogP contribution in [0.25, 0.3) is 5.65 Å². The molecule has 4 aromatic rings. The van der Waals surface area contributed by atoms with Crippen LogP contribution in [-0.4, -0.2) is 28.5 Å². The van der Waals surface area contributed by atoms with Crippen molar-refractivity contribution in [3.8, 4) is 5.75 Å². The van der Waals surface area contributed by atoms with E-state index in [0.717, 1.165) is 10.1 Å². The third kappa shape index (κ3) is 4.77. The van der Waals surface area contributed by atoms with Gasteiger partial charge in [0.2, 0.25) is 0 Å². The minimum atomic E-state index is -0.645. The second-order valence-electron chi connectivity index (χ2n) is 7.40. The van der Waals surface area contributed by atoms with Gasteiger partial charge in [-0.05, 0) is 44.2 Å². The molecule has 2 aromatic carbocycles. The van der Waals surface area contributed by atoms with Crippen LogP contribution in [0.3, 0.4) is 0 Å². The molecule has 0 saturated heterocycles. The van der Waals surface area contributed by atoms with Crippen LogP contribution in [0.2, 0.25) is 0 Å². The monoisotopic (exact) mass is 447 g/mol. The molecule has 2 aromatic heterocycles. The summed E-state index contributed by atoms with van der Waals surface area (Å²) >= 11 is 0. The maximum Gasteiger partial charge on any atom is 0.338 e. The lowest BCUT2D eigenvalue weighted by atomic mass is 10.1. The van der Waals surface area contributed by atoms with Crippen LogP contribution in [0.1, 0.15) is 37.7 Å². The second kappa shape index (κ2) is 8.99. The first kappa shape index (κ1) is 21.8. The van der Waals surface area contributed by atoms with Crippen LogP contribution < -0.4 is 15.6 Å². The van der Waals surface area contributed by atoms with Crippen molar-refractivity contribution in [1.29, 1.82) is 0 Å². The lowest BCUT2D eigenvalue weighted by Crippen LogP contribution is -2.15. The molecule has 9 nitrogen and oxygen atoms in total. The van der Waals surface area contributed by atoms with Gasteiger partial charge in [-0.1, -0.05) is 17.7 Å². The van der Waals surface area contributed by atoms with Gasteiger partial charge in [0, 0.05) is 17.7 Å². The number of rotatable bonds is 6. The van der Waals surface area contributed by atoms with E-state index in [4.69, 9.17) is 14.0 Å². The number of carbonyl (C=O) groups is 2. The molecule has 0 unspecified atom stereocenters. The SMILES string of the molecule is COc1ccc(C(=O)OCc2cc(=O)n3oc(C)cc3n2)cc1NC(=O)c1ccc(C)cc1. The number of carbonyl (C=O) groups excluding carboxylic acids is 2. The van der Waals surface area contributed by atoms with E-state index in [1.54, 1.807) is 31.2 Å². The van der Waals surface area contributed by atoms with Crippen molar-refractivity contribution in [3.05, 3.63) is 93.1 Å².